The third-order valence-corrected chi connectivity index (χ3v) is 2.83. The summed E-state index contributed by atoms with van der Waals surface area (Å²) in [5.41, 5.74) is 5.55. The summed E-state index contributed by atoms with van der Waals surface area (Å²) in [5.74, 6) is 0.266. The van der Waals surface area contributed by atoms with Crippen molar-refractivity contribution >= 4 is 17.5 Å². The molecule has 1 aromatic rings. The maximum Gasteiger partial charge on any atom is 0.332 e. The molecule has 0 aliphatic rings. The monoisotopic (exact) mass is 269 g/mol. The predicted octanol–water partition coefficient (Wildman–Crippen LogP) is 1.09. The highest BCUT2D eigenvalue weighted by atomic mass is 16.6. The van der Waals surface area contributed by atoms with Gasteiger partial charge in [-0.1, -0.05) is 13.8 Å². The molecule has 0 bridgehead atoms. The lowest BCUT2D eigenvalue weighted by molar-refractivity contribution is -0.385. The van der Waals surface area contributed by atoms with Gasteiger partial charge < -0.3 is 16.2 Å². The number of aliphatic hydroxyl groups excluding tert-OH is 1. The van der Waals surface area contributed by atoms with Crippen LogP contribution in [0.15, 0.2) is 0 Å². The smallest absolute Gasteiger partial charge is 0.332 e. The molecule has 0 amide bonds. The number of nitro groups is 1. The van der Waals surface area contributed by atoms with Crippen LogP contribution >= 0.6 is 0 Å². The Labute approximate surface area is 111 Å². The second-order valence-corrected chi connectivity index (χ2v) is 4.63. The molecular formula is C11H19N5O3. The maximum atomic E-state index is 11.1. The number of aromatic nitrogens is 2. The highest BCUT2D eigenvalue weighted by Crippen LogP contribution is 2.27. The summed E-state index contributed by atoms with van der Waals surface area (Å²) in [4.78, 5) is 18.2. The summed E-state index contributed by atoms with van der Waals surface area (Å²) in [6.07, 6.45) is 0.470. The number of aliphatic hydroxyl groups is 1. The van der Waals surface area contributed by atoms with Crippen LogP contribution in [-0.4, -0.2) is 32.6 Å². The molecule has 8 nitrogen and oxygen atoms in total. The fourth-order valence-electron chi connectivity index (χ4n) is 1.79. The van der Waals surface area contributed by atoms with E-state index in [4.69, 9.17) is 10.8 Å². The van der Waals surface area contributed by atoms with E-state index in [0.717, 1.165) is 0 Å². The van der Waals surface area contributed by atoms with Crippen LogP contribution in [0.4, 0.5) is 17.5 Å². The van der Waals surface area contributed by atoms with Crippen LogP contribution in [0.3, 0.4) is 0 Å². The molecule has 1 aromatic heterocycles. The van der Waals surface area contributed by atoms with Crippen molar-refractivity contribution in [1.82, 2.24) is 9.97 Å². The van der Waals surface area contributed by atoms with Gasteiger partial charge in [-0.05, 0) is 19.3 Å². The standard InChI is InChI=1S/C11H19N5O3/c1-6(2)8(4-5-17)14-10-9(16(18)19)7(3)13-11(12)15-10/h6,8,17H,4-5H2,1-3H3,(H3,12,13,14,15). The first-order valence-corrected chi connectivity index (χ1v) is 6.02. The molecule has 0 radical (unpaired) electrons. The summed E-state index contributed by atoms with van der Waals surface area (Å²) >= 11 is 0. The van der Waals surface area contributed by atoms with Gasteiger partial charge in [-0.2, -0.15) is 4.98 Å². The average molecular weight is 269 g/mol. The quantitative estimate of drug-likeness (QED) is 0.521. The number of nitrogens with two attached hydrogens (primary N) is 1. The molecule has 0 aromatic carbocycles. The molecule has 0 saturated heterocycles. The van der Waals surface area contributed by atoms with E-state index in [1.165, 1.54) is 6.92 Å². The number of hydrogen-bond acceptors (Lipinski definition) is 7. The Morgan fingerprint density at radius 3 is 2.58 bits per heavy atom. The van der Waals surface area contributed by atoms with E-state index < -0.39 is 4.92 Å². The van der Waals surface area contributed by atoms with Gasteiger partial charge in [-0.3, -0.25) is 10.1 Å². The van der Waals surface area contributed by atoms with E-state index in [-0.39, 0.29) is 41.7 Å². The average Bonchev–Trinajstić information content (AvgIpc) is 2.26. The molecule has 4 N–H and O–H groups in total. The largest absolute Gasteiger partial charge is 0.396 e. The van der Waals surface area contributed by atoms with Crippen molar-refractivity contribution in [1.29, 1.82) is 0 Å². The van der Waals surface area contributed by atoms with E-state index in [1.807, 2.05) is 13.8 Å². The van der Waals surface area contributed by atoms with Gasteiger partial charge in [0.1, 0.15) is 5.69 Å². The molecule has 1 unspecified atom stereocenters. The Hall–Kier alpha value is -1.96. The Morgan fingerprint density at radius 2 is 2.11 bits per heavy atom. The van der Waals surface area contributed by atoms with Gasteiger partial charge in [-0.25, -0.2) is 4.98 Å². The van der Waals surface area contributed by atoms with Crippen molar-refractivity contribution in [3.63, 3.8) is 0 Å². The molecule has 0 aliphatic heterocycles. The van der Waals surface area contributed by atoms with Crippen molar-refractivity contribution in [2.75, 3.05) is 17.7 Å². The lowest BCUT2D eigenvalue weighted by atomic mass is 10.0. The first-order valence-electron chi connectivity index (χ1n) is 6.02. The zero-order chi connectivity index (χ0) is 14.6. The zero-order valence-corrected chi connectivity index (χ0v) is 11.3. The number of anilines is 2. The van der Waals surface area contributed by atoms with E-state index >= 15 is 0 Å². The fourth-order valence-corrected chi connectivity index (χ4v) is 1.79. The topological polar surface area (TPSA) is 127 Å². The van der Waals surface area contributed by atoms with Crippen molar-refractivity contribution in [3.8, 4) is 0 Å². The van der Waals surface area contributed by atoms with Gasteiger partial charge in [0, 0.05) is 12.6 Å². The number of aryl methyl sites for hydroxylation is 1. The Kier molecular flexibility index (Phi) is 4.99. The van der Waals surface area contributed by atoms with Crippen molar-refractivity contribution in [2.24, 2.45) is 5.92 Å². The molecule has 0 spiro atoms. The third kappa shape index (κ3) is 3.75. The molecule has 106 valence electrons. The van der Waals surface area contributed by atoms with Crippen LogP contribution in [0.2, 0.25) is 0 Å². The summed E-state index contributed by atoms with van der Waals surface area (Å²) in [6, 6.07) is -0.127. The summed E-state index contributed by atoms with van der Waals surface area (Å²) in [7, 11) is 0. The molecule has 8 heteroatoms. The van der Waals surface area contributed by atoms with Crippen molar-refractivity contribution in [2.45, 2.75) is 33.2 Å². The highest BCUT2D eigenvalue weighted by Gasteiger charge is 2.24. The summed E-state index contributed by atoms with van der Waals surface area (Å²) < 4.78 is 0. The normalized spacial score (nSPS) is 12.5. The highest BCUT2D eigenvalue weighted by molar-refractivity contribution is 5.60. The van der Waals surface area contributed by atoms with Crippen molar-refractivity contribution in [3.05, 3.63) is 15.8 Å². The lowest BCUT2D eigenvalue weighted by Crippen LogP contribution is -2.28. The number of hydrogen-bond donors (Lipinski definition) is 3. The summed E-state index contributed by atoms with van der Waals surface area (Å²) in [6.45, 7) is 5.41. The lowest BCUT2D eigenvalue weighted by Gasteiger charge is -2.22. The van der Waals surface area contributed by atoms with Crippen LogP contribution in [0.1, 0.15) is 26.0 Å². The second-order valence-electron chi connectivity index (χ2n) is 4.63. The first-order chi connectivity index (χ1) is 8.86. The molecule has 0 aliphatic carbocycles. The SMILES string of the molecule is Cc1nc(N)nc(NC(CCO)C(C)C)c1[N+](=O)[O-]. The Balaban J connectivity index is 3.14. The second kappa shape index (κ2) is 6.28. The minimum absolute atomic E-state index is 0.0107. The van der Waals surface area contributed by atoms with Crippen LogP contribution in [0.5, 0.6) is 0 Å². The van der Waals surface area contributed by atoms with Gasteiger partial charge in [-0.15, -0.1) is 0 Å². The third-order valence-electron chi connectivity index (χ3n) is 2.83. The van der Waals surface area contributed by atoms with E-state index in [0.29, 0.717) is 6.42 Å². The number of nitrogens with one attached hydrogen (secondary N) is 1. The molecule has 1 rings (SSSR count). The fraction of sp³-hybridized carbons (Fsp3) is 0.636. The van der Waals surface area contributed by atoms with Crippen LogP contribution < -0.4 is 11.1 Å². The first kappa shape index (κ1) is 15.1. The number of rotatable bonds is 6. The Morgan fingerprint density at radius 1 is 1.47 bits per heavy atom. The van der Waals surface area contributed by atoms with Gasteiger partial charge in [0.2, 0.25) is 11.8 Å². The van der Waals surface area contributed by atoms with Crippen LogP contribution in [0.25, 0.3) is 0 Å². The molecule has 1 heterocycles. The number of nitrogen functional groups attached to an aromatic ring is 1. The molecule has 19 heavy (non-hydrogen) atoms. The predicted molar refractivity (Wildman–Crippen MR) is 71.8 cm³/mol. The van der Waals surface area contributed by atoms with Gasteiger partial charge in [0.15, 0.2) is 0 Å². The van der Waals surface area contributed by atoms with E-state index in [9.17, 15) is 10.1 Å². The minimum atomic E-state index is -0.534. The van der Waals surface area contributed by atoms with Crippen LogP contribution in [0, 0.1) is 23.0 Å². The zero-order valence-electron chi connectivity index (χ0n) is 11.3. The van der Waals surface area contributed by atoms with Gasteiger partial charge >= 0.3 is 5.69 Å². The van der Waals surface area contributed by atoms with E-state index in [2.05, 4.69) is 15.3 Å². The summed E-state index contributed by atoms with van der Waals surface area (Å²) in [5, 5.41) is 23.1. The Bertz CT molecular complexity index is 464. The minimum Gasteiger partial charge on any atom is -0.396 e. The van der Waals surface area contributed by atoms with Gasteiger partial charge in [0.25, 0.3) is 0 Å². The number of nitrogens with zero attached hydrogens (tertiary/aromatic N) is 3. The molecule has 0 saturated carbocycles. The van der Waals surface area contributed by atoms with Gasteiger partial charge in [0.05, 0.1) is 4.92 Å². The van der Waals surface area contributed by atoms with E-state index in [1.54, 1.807) is 0 Å². The van der Waals surface area contributed by atoms with Crippen molar-refractivity contribution < 1.29 is 10.0 Å². The molecule has 0 fully saturated rings. The molecule has 1 atom stereocenters. The molecular weight excluding hydrogens is 250 g/mol. The maximum absolute atomic E-state index is 11.1. The van der Waals surface area contributed by atoms with Crippen LogP contribution in [-0.2, 0) is 0 Å².